The number of aldehydes is 1. The third-order valence-electron chi connectivity index (χ3n) is 4.94. The zero-order chi connectivity index (χ0) is 23.1. The minimum absolute atomic E-state index is 0.239. The van der Waals surface area contributed by atoms with Crippen molar-refractivity contribution in [3.63, 3.8) is 0 Å². The van der Waals surface area contributed by atoms with Crippen molar-refractivity contribution >= 4 is 40.5 Å². The van der Waals surface area contributed by atoms with Crippen LogP contribution >= 0.6 is 11.3 Å². The van der Waals surface area contributed by atoms with Crippen molar-refractivity contribution in [3.8, 4) is 5.75 Å². The molecule has 170 valence electrons. The van der Waals surface area contributed by atoms with Gasteiger partial charge in [-0.3, -0.25) is 9.59 Å². The van der Waals surface area contributed by atoms with Gasteiger partial charge in [-0.1, -0.05) is 0 Å². The van der Waals surface area contributed by atoms with Crippen LogP contribution in [0.2, 0.25) is 0 Å². The summed E-state index contributed by atoms with van der Waals surface area (Å²) in [6.07, 6.45) is 3.27. The fourth-order valence-corrected chi connectivity index (χ4v) is 4.64. The Morgan fingerprint density at radius 1 is 1.16 bits per heavy atom. The van der Waals surface area contributed by atoms with Crippen molar-refractivity contribution in [1.29, 1.82) is 0 Å². The molecule has 8 nitrogen and oxygen atoms in total. The molecule has 1 heterocycles. The highest BCUT2D eigenvalue weighted by Gasteiger charge is 2.28. The molecular weight excluding hydrogens is 434 g/mol. The van der Waals surface area contributed by atoms with Crippen LogP contribution in [-0.4, -0.2) is 43.4 Å². The fraction of sp³-hybridized carbons (Fsp3) is 0.391. The molecule has 9 heteroatoms. The molecule has 1 atom stereocenters. The van der Waals surface area contributed by atoms with Gasteiger partial charge in [0.1, 0.15) is 17.0 Å². The molecule has 3 rings (SSSR count). The molecule has 0 aliphatic heterocycles. The van der Waals surface area contributed by atoms with Gasteiger partial charge >= 0.3 is 11.9 Å². The van der Waals surface area contributed by atoms with Crippen LogP contribution < -0.4 is 10.1 Å². The summed E-state index contributed by atoms with van der Waals surface area (Å²) < 4.78 is 15.7. The van der Waals surface area contributed by atoms with E-state index in [1.165, 1.54) is 18.3 Å². The standard InChI is InChI=1S/C23H25NO7S/c1-3-29-23(28)20-17-6-4-5-7-18(17)32-22(20)24-21(27)14(2)31-19(26)13-30-16-10-8-15(12-25)9-11-16/h8-12,14H,3-7,13H2,1-2H3,(H,24,27). The third kappa shape index (κ3) is 5.73. The van der Waals surface area contributed by atoms with Crippen molar-refractivity contribution in [3.05, 3.63) is 45.8 Å². The number of hydrogen-bond acceptors (Lipinski definition) is 8. The monoisotopic (exact) mass is 459 g/mol. The van der Waals surface area contributed by atoms with E-state index in [-0.39, 0.29) is 13.2 Å². The molecule has 32 heavy (non-hydrogen) atoms. The van der Waals surface area contributed by atoms with E-state index >= 15 is 0 Å². The average Bonchev–Trinajstić information content (AvgIpc) is 3.16. The van der Waals surface area contributed by atoms with Crippen LogP contribution in [0.15, 0.2) is 24.3 Å². The largest absolute Gasteiger partial charge is 0.482 e. The average molecular weight is 460 g/mol. The molecule has 2 aromatic rings. The Bertz CT molecular complexity index is 997. The van der Waals surface area contributed by atoms with E-state index < -0.39 is 23.9 Å². The normalized spacial score (nSPS) is 13.4. The van der Waals surface area contributed by atoms with Gasteiger partial charge in [0.05, 0.1) is 12.2 Å². The lowest BCUT2D eigenvalue weighted by molar-refractivity contribution is -0.155. The van der Waals surface area contributed by atoms with Crippen LogP contribution in [0.1, 0.15) is 57.8 Å². The van der Waals surface area contributed by atoms with Crippen molar-refractivity contribution in [2.75, 3.05) is 18.5 Å². The minimum Gasteiger partial charge on any atom is -0.482 e. The minimum atomic E-state index is -1.09. The molecule has 1 aromatic heterocycles. The smallest absolute Gasteiger partial charge is 0.344 e. The fourth-order valence-electron chi connectivity index (χ4n) is 3.36. The number of amides is 1. The number of nitrogens with one attached hydrogen (secondary N) is 1. The second-order valence-electron chi connectivity index (χ2n) is 7.23. The van der Waals surface area contributed by atoms with Crippen LogP contribution in [-0.2, 0) is 31.9 Å². The summed E-state index contributed by atoms with van der Waals surface area (Å²) in [5, 5.41) is 3.15. The number of esters is 2. The molecule has 0 radical (unpaired) electrons. The number of carbonyl (C=O) groups is 4. The Morgan fingerprint density at radius 3 is 2.56 bits per heavy atom. The maximum Gasteiger partial charge on any atom is 0.344 e. The van der Waals surface area contributed by atoms with Crippen molar-refractivity contribution in [1.82, 2.24) is 0 Å². The number of aryl methyl sites for hydroxylation is 1. The molecule has 0 fully saturated rings. The van der Waals surface area contributed by atoms with Gasteiger partial charge in [-0.05, 0) is 69.4 Å². The second kappa shape index (κ2) is 10.9. The van der Waals surface area contributed by atoms with E-state index in [4.69, 9.17) is 14.2 Å². The molecule has 1 amide bonds. The Morgan fingerprint density at radius 2 is 1.88 bits per heavy atom. The first-order valence-electron chi connectivity index (χ1n) is 10.4. The SMILES string of the molecule is CCOC(=O)c1c(NC(=O)C(C)OC(=O)COc2ccc(C=O)cc2)sc2c1CCCC2. The maximum absolute atomic E-state index is 12.6. The topological polar surface area (TPSA) is 108 Å². The third-order valence-corrected chi connectivity index (χ3v) is 6.15. The molecule has 1 unspecified atom stereocenters. The van der Waals surface area contributed by atoms with E-state index in [1.54, 1.807) is 31.2 Å². The van der Waals surface area contributed by atoms with Crippen LogP contribution in [0.25, 0.3) is 0 Å². The summed E-state index contributed by atoms with van der Waals surface area (Å²) in [4.78, 5) is 48.9. The highest BCUT2D eigenvalue weighted by Crippen LogP contribution is 2.38. The summed E-state index contributed by atoms with van der Waals surface area (Å²) in [5.41, 5.74) is 1.83. The number of rotatable bonds is 9. The van der Waals surface area contributed by atoms with Crippen LogP contribution in [0, 0.1) is 0 Å². The number of hydrogen-bond donors (Lipinski definition) is 1. The second-order valence-corrected chi connectivity index (χ2v) is 8.34. The number of fused-ring (bicyclic) bond motifs is 1. The van der Waals surface area contributed by atoms with Gasteiger partial charge in [-0.15, -0.1) is 11.3 Å². The zero-order valence-corrected chi connectivity index (χ0v) is 18.8. The predicted octanol–water partition coefficient (Wildman–Crippen LogP) is 3.57. The van der Waals surface area contributed by atoms with Crippen LogP contribution in [0.5, 0.6) is 5.75 Å². The summed E-state index contributed by atoms with van der Waals surface area (Å²) >= 11 is 1.37. The highest BCUT2D eigenvalue weighted by atomic mass is 32.1. The Hall–Kier alpha value is -3.20. The number of thiophene rings is 1. The Balaban J connectivity index is 1.60. The van der Waals surface area contributed by atoms with E-state index in [0.717, 1.165) is 36.1 Å². The molecule has 0 spiro atoms. The lowest BCUT2D eigenvalue weighted by Crippen LogP contribution is -2.32. The number of benzene rings is 1. The molecule has 0 saturated heterocycles. The van der Waals surface area contributed by atoms with Crippen molar-refractivity contribution in [2.45, 2.75) is 45.6 Å². The summed E-state index contributed by atoms with van der Waals surface area (Å²) in [6, 6.07) is 6.24. The number of anilines is 1. The number of ether oxygens (including phenoxy) is 3. The lowest BCUT2D eigenvalue weighted by atomic mass is 9.95. The van der Waals surface area contributed by atoms with Gasteiger partial charge in [0, 0.05) is 10.4 Å². The van der Waals surface area contributed by atoms with E-state index in [9.17, 15) is 19.2 Å². The van der Waals surface area contributed by atoms with Gasteiger partial charge in [0.15, 0.2) is 12.7 Å². The van der Waals surface area contributed by atoms with Gasteiger partial charge < -0.3 is 19.5 Å². The molecule has 1 aliphatic carbocycles. The van der Waals surface area contributed by atoms with Crippen molar-refractivity contribution < 1.29 is 33.4 Å². The van der Waals surface area contributed by atoms with E-state index in [0.29, 0.717) is 28.2 Å². The molecular formula is C23H25NO7S. The zero-order valence-electron chi connectivity index (χ0n) is 18.0. The Labute approximate surface area is 189 Å². The summed E-state index contributed by atoms with van der Waals surface area (Å²) in [7, 11) is 0. The van der Waals surface area contributed by atoms with Gasteiger partial charge in [-0.25, -0.2) is 9.59 Å². The first-order valence-corrected chi connectivity index (χ1v) is 11.2. The lowest BCUT2D eigenvalue weighted by Gasteiger charge is -2.14. The predicted molar refractivity (Wildman–Crippen MR) is 118 cm³/mol. The van der Waals surface area contributed by atoms with Crippen molar-refractivity contribution in [2.24, 2.45) is 0 Å². The first-order chi connectivity index (χ1) is 15.4. The molecule has 1 N–H and O–H groups in total. The quantitative estimate of drug-likeness (QED) is 0.451. The maximum atomic E-state index is 12.6. The molecule has 0 saturated carbocycles. The molecule has 1 aliphatic rings. The van der Waals surface area contributed by atoms with Gasteiger partial charge in [-0.2, -0.15) is 0 Å². The Kier molecular flexibility index (Phi) is 7.99. The molecule has 1 aromatic carbocycles. The summed E-state index contributed by atoms with van der Waals surface area (Å²) in [6.45, 7) is 3.03. The van der Waals surface area contributed by atoms with Gasteiger partial charge in [0.2, 0.25) is 0 Å². The first kappa shape index (κ1) is 23.5. The van der Waals surface area contributed by atoms with Gasteiger partial charge in [0.25, 0.3) is 5.91 Å². The summed E-state index contributed by atoms with van der Waals surface area (Å²) in [5.74, 6) is -1.32. The van der Waals surface area contributed by atoms with Crippen LogP contribution in [0.3, 0.4) is 0 Å². The highest BCUT2D eigenvalue weighted by molar-refractivity contribution is 7.17. The van der Waals surface area contributed by atoms with E-state index in [2.05, 4.69) is 5.32 Å². The van der Waals surface area contributed by atoms with E-state index in [1.807, 2.05) is 0 Å². The molecule has 0 bridgehead atoms. The van der Waals surface area contributed by atoms with Crippen LogP contribution in [0.4, 0.5) is 5.00 Å². The number of carbonyl (C=O) groups excluding carboxylic acids is 4.